The van der Waals surface area contributed by atoms with Crippen molar-refractivity contribution in [1.29, 1.82) is 0 Å². The number of ether oxygens (including phenoxy) is 2. The highest BCUT2D eigenvalue weighted by Crippen LogP contribution is 2.50. The number of nitrogens with zero attached hydrogens (tertiary/aromatic N) is 1. The van der Waals surface area contributed by atoms with Gasteiger partial charge in [0.1, 0.15) is 17.9 Å². The molecule has 1 amide bonds. The molecule has 2 N–H and O–H groups in total. The Morgan fingerprint density at radius 2 is 1.83 bits per heavy atom. The Balaban J connectivity index is 1.89. The predicted octanol–water partition coefficient (Wildman–Crippen LogP) is 6.17. The molecule has 2 fully saturated rings. The number of carbonyl (C=O) groups is 2. The van der Waals surface area contributed by atoms with Crippen LogP contribution in [0.25, 0.3) is 0 Å². The summed E-state index contributed by atoms with van der Waals surface area (Å²) in [6.07, 6.45) is -4.09. The minimum absolute atomic E-state index is 0.0288. The third-order valence-electron chi connectivity index (χ3n) is 8.45. The average Bonchev–Trinajstić information content (AvgIpc) is 3.57. The molecule has 0 unspecified atom stereocenters. The summed E-state index contributed by atoms with van der Waals surface area (Å²) in [7, 11) is 1.39. The summed E-state index contributed by atoms with van der Waals surface area (Å²) in [5, 5.41) is 14.1. The molecule has 5 atom stereocenters. The van der Waals surface area contributed by atoms with Crippen molar-refractivity contribution in [2.24, 2.45) is 11.3 Å². The molecule has 7 nitrogen and oxygen atoms in total. The van der Waals surface area contributed by atoms with Gasteiger partial charge in [-0.2, -0.15) is 13.2 Å². The highest BCUT2D eigenvalue weighted by atomic mass is 19.4. The summed E-state index contributed by atoms with van der Waals surface area (Å²) >= 11 is 0. The maximum absolute atomic E-state index is 14.1. The number of carboxylic acid groups (broad SMARTS) is 1. The number of likely N-dealkylation sites (tertiary alicyclic amines) is 1. The number of hydrogen-bond donors (Lipinski definition) is 2. The van der Waals surface area contributed by atoms with Gasteiger partial charge < -0.3 is 24.8 Å². The van der Waals surface area contributed by atoms with E-state index in [-0.39, 0.29) is 29.7 Å². The molecular weight excluding hydrogens is 549 g/mol. The van der Waals surface area contributed by atoms with Gasteiger partial charge in [0, 0.05) is 30.7 Å². The third-order valence-corrected chi connectivity index (χ3v) is 8.45. The van der Waals surface area contributed by atoms with E-state index >= 15 is 0 Å². The van der Waals surface area contributed by atoms with Gasteiger partial charge in [-0.05, 0) is 53.5 Å². The summed E-state index contributed by atoms with van der Waals surface area (Å²) in [5.74, 6) is -1.75. The normalized spacial score (nSPS) is 24.8. The molecule has 2 heterocycles. The molecule has 4 rings (SSSR count). The van der Waals surface area contributed by atoms with E-state index in [4.69, 9.17) is 9.47 Å². The Morgan fingerprint density at radius 3 is 2.38 bits per heavy atom. The van der Waals surface area contributed by atoms with Crippen molar-refractivity contribution in [3.63, 3.8) is 0 Å². The van der Waals surface area contributed by atoms with Crippen LogP contribution in [0.15, 0.2) is 42.5 Å². The molecule has 2 saturated heterocycles. The molecule has 0 spiro atoms. The Kier molecular flexibility index (Phi) is 9.28. The first-order chi connectivity index (χ1) is 19.7. The van der Waals surface area contributed by atoms with Crippen LogP contribution in [0.3, 0.4) is 0 Å². The van der Waals surface area contributed by atoms with Crippen LogP contribution >= 0.6 is 0 Å². The fourth-order valence-electron chi connectivity index (χ4n) is 6.62. The number of amides is 1. The summed E-state index contributed by atoms with van der Waals surface area (Å²) in [6, 6.07) is 8.46. The van der Waals surface area contributed by atoms with Gasteiger partial charge in [-0.1, -0.05) is 58.9 Å². The lowest BCUT2D eigenvalue weighted by Crippen LogP contribution is -2.50. The average molecular weight is 591 g/mol. The number of hydrogen-bond acceptors (Lipinski definition) is 5. The number of carbonyl (C=O) groups excluding carboxylic acids is 1. The highest BCUT2D eigenvalue weighted by molar-refractivity contribution is 5.88. The summed E-state index contributed by atoms with van der Waals surface area (Å²) in [6.45, 7) is 10.3. The second-order valence-electron chi connectivity index (χ2n) is 12.6. The van der Waals surface area contributed by atoms with Crippen LogP contribution < -0.4 is 10.1 Å². The lowest BCUT2D eigenvalue weighted by atomic mass is 9.72. The topological polar surface area (TPSA) is 88.1 Å². The standard InChI is InChI=1S/C32H41F3N2O5/c1-18(2)21-10-7-8-11-22(21)27-26(36-17-19-16-20(32(33,34)35)13-14-23(19)41-6)25(31(3,4)5)28(30(39)40)37(27)29(38)24-12-9-15-42-24/h7-8,10-11,13-14,16,18,24-28,36H,9,12,15,17H2,1-6H3,(H,39,40)/t24-,25-,26-,27-,28-/m0/s1. The fraction of sp³-hybridized carbons (Fsp3) is 0.562. The molecule has 0 aromatic heterocycles. The second kappa shape index (κ2) is 12.2. The fourth-order valence-corrected chi connectivity index (χ4v) is 6.62. The highest BCUT2D eigenvalue weighted by Gasteiger charge is 2.59. The van der Waals surface area contributed by atoms with E-state index in [1.807, 2.05) is 58.9 Å². The molecule has 0 aliphatic carbocycles. The number of alkyl halides is 3. The number of aliphatic carboxylic acids is 1. The number of carboxylic acids is 1. The van der Waals surface area contributed by atoms with Crippen molar-refractivity contribution in [3.05, 3.63) is 64.7 Å². The van der Waals surface area contributed by atoms with E-state index in [1.165, 1.54) is 18.1 Å². The summed E-state index contributed by atoms with van der Waals surface area (Å²) in [5.41, 5.74) is 0.654. The van der Waals surface area contributed by atoms with Crippen LogP contribution in [0.5, 0.6) is 5.75 Å². The molecular formula is C32H41F3N2O5. The molecule has 0 bridgehead atoms. The maximum Gasteiger partial charge on any atom is 0.416 e. The van der Waals surface area contributed by atoms with E-state index in [2.05, 4.69) is 5.32 Å². The molecule has 10 heteroatoms. The number of methoxy groups -OCH3 is 1. The van der Waals surface area contributed by atoms with Gasteiger partial charge in [0.15, 0.2) is 0 Å². The molecule has 0 saturated carbocycles. The van der Waals surface area contributed by atoms with E-state index < -0.39 is 53.3 Å². The van der Waals surface area contributed by atoms with E-state index in [0.29, 0.717) is 19.4 Å². The van der Waals surface area contributed by atoms with Crippen molar-refractivity contribution in [2.75, 3.05) is 13.7 Å². The van der Waals surface area contributed by atoms with Gasteiger partial charge in [-0.25, -0.2) is 4.79 Å². The maximum atomic E-state index is 14.1. The Hall–Kier alpha value is -3.11. The monoisotopic (exact) mass is 590 g/mol. The van der Waals surface area contributed by atoms with Crippen molar-refractivity contribution < 1.29 is 37.3 Å². The van der Waals surface area contributed by atoms with E-state index in [9.17, 15) is 27.9 Å². The Morgan fingerprint density at radius 1 is 1.14 bits per heavy atom. The number of benzene rings is 2. The van der Waals surface area contributed by atoms with Crippen LogP contribution in [-0.4, -0.2) is 53.8 Å². The van der Waals surface area contributed by atoms with Gasteiger partial charge in [0.2, 0.25) is 0 Å². The molecule has 0 radical (unpaired) electrons. The molecule has 2 aliphatic rings. The number of rotatable bonds is 8. The predicted molar refractivity (Wildman–Crippen MR) is 152 cm³/mol. The van der Waals surface area contributed by atoms with Gasteiger partial charge >= 0.3 is 12.1 Å². The smallest absolute Gasteiger partial charge is 0.416 e. The largest absolute Gasteiger partial charge is 0.496 e. The first-order valence-electron chi connectivity index (χ1n) is 14.4. The van der Waals surface area contributed by atoms with Crippen LogP contribution in [0.1, 0.15) is 81.7 Å². The Bertz CT molecular complexity index is 1280. The first-order valence-corrected chi connectivity index (χ1v) is 14.4. The molecule has 230 valence electrons. The van der Waals surface area contributed by atoms with Crippen molar-refractivity contribution in [2.45, 2.75) is 90.3 Å². The molecule has 2 aromatic rings. The Labute approximate surface area is 245 Å². The van der Waals surface area contributed by atoms with Crippen LogP contribution in [0.4, 0.5) is 13.2 Å². The first kappa shape index (κ1) is 31.8. The lowest BCUT2D eigenvalue weighted by Gasteiger charge is -2.35. The zero-order valence-electron chi connectivity index (χ0n) is 25.0. The minimum atomic E-state index is -4.54. The van der Waals surface area contributed by atoms with Gasteiger partial charge in [-0.3, -0.25) is 4.79 Å². The van der Waals surface area contributed by atoms with Crippen molar-refractivity contribution in [3.8, 4) is 5.75 Å². The number of nitrogens with one attached hydrogen (secondary N) is 1. The minimum Gasteiger partial charge on any atom is -0.496 e. The number of halogens is 3. The molecule has 2 aromatic carbocycles. The molecule has 42 heavy (non-hydrogen) atoms. The van der Waals surface area contributed by atoms with E-state index in [1.54, 1.807) is 0 Å². The van der Waals surface area contributed by atoms with Crippen LogP contribution in [0, 0.1) is 11.3 Å². The van der Waals surface area contributed by atoms with Crippen LogP contribution in [-0.2, 0) is 27.0 Å². The summed E-state index contributed by atoms with van der Waals surface area (Å²) in [4.78, 5) is 28.7. The van der Waals surface area contributed by atoms with Gasteiger partial charge in [0.25, 0.3) is 5.91 Å². The zero-order chi connectivity index (χ0) is 31.0. The SMILES string of the molecule is COc1ccc(C(F)(F)F)cc1CN[C@H]1[C@H](C(C)(C)C)[C@@H](C(=O)O)N(C(=O)[C@@H]2CCCO2)[C@H]1c1ccccc1C(C)C. The zero-order valence-corrected chi connectivity index (χ0v) is 25.0. The van der Waals surface area contributed by atoms with Crippen molar-refractivity contribution in [1.82, 2.24) is 10.2 Å². The lowest BCUT2D eigenvalue weighted by molar-refractivity contribution is -0.156. The van der Waals surface area contributed by atoms with Gasteiger partial charge in [-0.15, -0.1) is 0 Å². The molecule has 2 aliphatic heterocycles. The quantitative estimate of drug-likeness (QED) is 0.382. The van der Waals surface area contributed by atoms with Gasteiger partial charge in [0.05, 0.1) is 18.7 Å². The second-order valence-corrected chi connectivity index (χ2v) is 12.6. The van der Waals surface area contributed by atoms with Crippen LogP contribution in [0.2, 0.25) is 0 Å². The van der Waals surface area contributed by atoms with Crippen molar-refractivity contribution >= 4 is 11.9 Å². The van der Waals surface area contributed by atoms with E-state index in [0.717, 1.165) is 23.3 Å². The summed E-state index contributed by atoms with van der Waals surface area (Å²) < 4.78 is 52.0. The third kappa shape index (κ3) is 6.29.